The van der Waals surface area contributed by atoms with Gasteiger partial charge in [-0.2, -0.15) is 0 Å². The molecule has 0 aromatic heterocycles. The van der Waals surface area contributed by atoms with Gasteiger partial charge in [-0.15, -0.1) is 0 Å². The molecule has 9 nitrogen and oxygen atoms in total. The lowest BCUT2D eigenvalue weighted by atomic mass is 9.97. The van der Waals surface area contributed by atoms with Crippen molar-refractivity contribution in [3.05, 3.63) is 0 Å². The van der Waals surface area contributed by atoms with E-state index in [4.69, 9.17) is 4.74 Å². The number of ether oxygens (including phenoxy) is 1. The Labute approximate surface area is 159 Å². The van der Waals surface area contributed by atoms with E-state index < -0.39 is 41.6 Å². The zero-order chi connectivity index (χ0) is 20.8. The van der Waals surface area contributed by atoms with Crippen LogP contribution >= 0.6 is 0 Å². The van der Waals surface area contributed by atoms with Crippen LogP contribution in [0, 0.1) is 11.8 Å². The van der Waals surface area contributed by atoms with Crippen molar-refractivity contribution in [3.63, 3.8) is 0 Å². The molecule has 1 aliphatic rings. The quantitative estimate of drug-likeness (QED) is 0.493. The Hall–Kier alpha value is -2.32. The van der Waals surface area contributed by atoms with Crippen LogP contribution in [0.15, 0.2) is 0 Å². The van der Waals surface area contributed by atoms with Crippen molar-refractivity contribution < 1.29 is 29.0 Å². The van der Waals surface area contributed by atoms with Crippen molar-refractivity contribution in [3.8, 4) is 0 Å². The first-order valence-corrected chi connectivity index (χ1v) is 9.19. The number of hydrogen-bond acceptors (Lipinski definition) is 5. The van der Waals surface area contributed by atoms with E-state index in [1.165, 1.54) is 0 Å². The van der Waals surface area contributed by atoms with Crippen molar-refractivity contribution in [1.82, 2.24) is 16.0 Å². The van der Waals surface area contributed by atoms with Gasteiger partial charge in [0, 0.05) is 12.5 Å². The monoisotopic (exact) mass is 385 g/mol. The summed E-state index contributed by atoms with van der Waals surface area (Å²) in [4.78, 5) is 47.8. The Kier molecular flexibility index (Phi) is 8.05. The summed E-state index contributed by atoms with van der Waals surface area (Å²) in [7, 11) is 0. The zero-order valence-electron chi connectivity index (χ0n) is 16.6. The van der Waals surface area contributed by atoms with Gasteiger partial charge in [-0.25, -0.2) is 9.59 Å². The summed E-state index contributed by atoms with van der Waals surface area (Å²) in [5, 5.41) is 17.0. The summed E-state index contributed by atoms with van der Waals surface area (Å²) in [6.07, 6.45) is 0.115. The van der Waals surface area contributed by atoms with Crippen LogP contribution in [-0.2, 0) is 19.1 Å². The van der Waals surface area contributed by atoms with Gasteiger partial charge in [-0.1, -0.05) is 13.8 Å². The molecule has 0 aliphatic carbocycles. The van der Waals surface area contributed by atoms with Gasteiger partial charge in [-0.3, -0.25) is 9.59 Å². The number of nitrogens with one attached hydrogen (secondary N) is 3. The van der Waals surface area contributed by atoms with Gasteiger partial charge in [0.15, 0.2) is 0 Å². The molecule has 154 valence electrons. The summed E-state index contributed by atoms with van der Waals surface area (Å²) in [6.45, 7) is 9.38. The molecule has 0 spiro atoms. The highest BCUT2D eigenvalue weighted by Crippen LogP contribution is 2.17. The van der Waals surface area contributed by atoms with E-state index in [2.05, 4.69) is 16.0 Å². The number of carboxylic acids is 1. The largest absolute Gasteiger partial charge is 0.480 e. The molecule has 0 aromatic rings. The molecule has 3 atom stereocenters. The van der Waals surface area contributed by atoms with Crippen LogP contribution in [-0.4, -0.2) is 53.2 Å². The fourth-order valence-corrected chi connectivity index (χ4v) is 2.80. The van der Waals surface area contributed by atoms with Crippen LogP contribution in [0.2, 0.25) is 0 Å². The third kappa shape index (κ3) is 8.27. The molecular weight excluding hydrogens is 354 g/mol. The van der Waals surface area contributed by atoms with Crippen molar-refractivity contribution in [1.29, 1.82) is 0 Å². The molecular formula is C18H31N3O6. The minimum Gasteiger partial charge on any atom is -0.480 e. The Morgan fingerprint density at radius 3 is 2.30 bits per heavy atom. The Bertz CT molecular complexity index is 570. The predicted octanol–water partition coefficient (Wildman–Crippen LogP) is 1.02. The molecule has 0 saturated carbocycles. The molecule has 9 heteroatoms. The maximum Gasteiger partial charge on any atom is 0.408 e. The Balaban J connectivity index is 2.78. The van der Waals surface area contributed by atoms with E-state index in [0.29, 0.717) is 19.4 Å². The molecule has 4 N–H and O–H groups in total. The minimum atomic E-state index is -1.22. The summed E-state index contributed by atoms with van der Waals surface area (Å²) >= 11 is 0. The third-order valence-corrected chi connectivity index (χ3v) is 4.01. The topological polar surface area (TPSA) is 134 Å². The number of alkyl carbamates (subject to hydrolysis) is 1. The summed E-state index contributed by atoms with van der Waals surface area (Å²) in [6, 6.07) is -2.14. The number of hydrogen-bond donors (Lipinski definition) is 4. The van der Waals surface area contributed by atoms with Gasteiger partial charge >= 0.3 is 12.1 Å². The first kappa shape index (κ1) is 22.7. The highest BCUT2D eigenvalue weighted by atomic mass is 16.6. The molecule has 0 bridgehead atoms. The molecule has 1 heterocycles. The van der Waals surface area contributed by atoms with E-state index in [-0.39, 0.29) is 18.2 Å². The Morgan fingerprint density at radius 1 is 1.22 bits per heavy atom. The standard InChI is InChI=1S/C18H31N3O6/c1-10(2)8-12(21-17(26)27-18(3,4)5)15(23)20-13(16(24)25)9-11-6-7-19-14(11)22/h10-13H,6-9H2,1-5H3,(H,19,22)(H,20,23)(H,21,26)(H,24,25)/t11-,12-,13-/m0/s1. The second kappa shape index (κ2) is 9.57. The van der Waals surface area contributed by atoms with Crippen LogP contribution in [0.3, 0.4) is 0 Å². The minimum absolute atomic E-state index is 0.00768. The van der Waals surface area contributed by atoms with Gasteiger partial charge < -0.3 is 25.8 Å². The fraction of sp³-hybridized carbons (Fsp3) is 0.778. The third-order valence-electron chi connectivity index (χ3n) is 4.01. The zero-order valence-corrected chi connectivity index (χ0v) is 16.6. The summed E-state index contributed by atoms with van der Waals surface area (Å²) < 4.78 is 5.17. The van der Waals surface area contributed by atoms with Crippen LogP contribution in [0.25, 0.3) is 0 Å². The van der Waals surface area contributed by atoms with E-state index in [9.17, 15) is 24.3 Å². The second-order valence-electron chi connectivity index (χ2n) is 8.24. The molecule has 1 rings (SSSR count). The number of carbonyl (C=O) groups is 4. The van der Waals surface area contributed by atoms with Crippen molar-refractivity contribution >= 4 is 23.9 Å². The number of carbonyl (C=O) groups excluding carboxylic acids is 3. The smallest absolute Gasteiger partial charge is 0.408 e. The van der Waals surface area contributed by atoms with Crippen molar-refractivity contribution in [2.24, 2.45) is 11.8 Å². The summed E-state index contributed by atoms with van der Waals surface area (Å²) in [5.41, 5.74) is -0.720. The first-order chi connectivity index (χ1) is 12.4. The van der Waals surface area contributed by atoms with Crippen LogP contribution in [0.4, 0.5) is 4.79 Å². The van der Waals surface area contributed by atoms with Crippen LogP contribution < -0.4 is 16.0 Å². The molecule has 0 unspecified atom stereocenters. The van der Waals surface area contributed by atoms with Gasteiger partial charge in [0.25, 0.3) is 0 Å². The van der Waals surface area contributed by atoms with Gasteiger partial charge in [0.1, 0.15) is 17.7 Å². The fourth-order valence-electron chi connectivity index (χ4n) is 2.80. The van der Waals surface area contributed by atoms with E-state index in [1.807, 2.05) is 13.8 Å². The maximum absolute atomic E-state index is 12.6. The molecule has 0 aromatic carbocycles. The molecule has 0 radical (unpaired) electrons. The van der Waals surface area contributed by atoms with Gasteiger partial charge in [0.2, 0.25) is 11.8 Å². The second-order valence-corrected chi connectivity index (χ2v) is 8.24. The van der Waals surface area contributed by atoms with Gasteiger partial charge in [0.05, 0.1) is 0 Å². The average molecular weight is 385 g/mol. The lowest BCUT2D eigenvalue weighted by molar-refractivity contribution is -0.143. The van der Waals surface area contributed by atoms with E-state index in [0.717, 1.165) is 0 Å². The van der Waals surface area contributed by atoms with E-state index in [1.54, 1.807) is 20.8 Å². The first-order valence-electron chi connectivity index (χ1n) is 9.19. The average Bonchev–Trinajstić information content (AvgIpc) is 2.88. The number of amides is 3. The molecule has 3 amide bonds. The predicted molar refractivity (Wildman–Crippen MR) is 97.9 cm³/mol. The lowest BCUT2D eigenvalue weighted by Crippen LogP contribution is -2.53. The maximum atomic E-state index is 12.6. The number of carboxylic acid groups (broad SMARTS) is 1. The molecule has 1 fully saturated rings. The lowest BCUT2D eigenvalue weighted by Gasteiger charge is -2.25. The number of aliphatic carboxylic acids is 1. The molecule has 1 aliphatic heterocycles. The van der Waals surface area contributed by atoms with Gasteiger partial charge in [-0.05, 0) is 46.0 Å². The SMILES string of the molecule is CC(C)C[C@H](NC(=O)OC(C)(C)C)C(=O)N[C@@H](C[C@@H]1CCNC1=O)C(=O)O. The van der Waals surface area contributed by atoms with Crippen molar-refractivity contribution in [2.45, 2.75) is 71.6 Å². The summed E-state index contributed by atoms with van der Waals surface area (Å²) in [5.74, 6) is -2.40. The molecule has 27 heavy (non-hydrogen) atoms. The van der Waals surface area contributed by atoms with Crippen molar-refractivity contribution in [2.75, 3.05) is 6.54 Å². The number of rotatable bonds is 8. The van der Waals surface area contributed by atoms with E-state index >= 15 is 0 Å². The van der Waals surface area contributed by atoms with Crippen LogP contribution in [0.5, 0.6) is 0 Å². The highest BCUT2D eigenvalue weighted by molar-refractivity contribution is 5.90. The highest BCUT2D eigenvalue weighted by Gasteiger charge is 2.33. The Morgan fingerprint density at radius 2 is 1.85 bits per heavy atom. The molecule has 1 saturated heterocycles. The normalized spacial score (nSPS) is 19.2. The van der Waals surface area contributed by atoms with Crippen LogP contribution in [0.1, 0.15) is 53.9 Å².